The zero-order chi connectivity index (χ0) is 14.1. The van der Waals surface area contributed by atoms with Gasteiger partial charge in [-0.3, -0.25) is 0 Å². The van der Waals surface area contributed by atoms with E-state index in [4.69, 9.17) is 17.3 Å². The van der Waals surface area contributed by atoms with Crippen LogP contribution in [0.1, 0.15) is 5.56 Å². The first-order valence-electron chi connectivity index (χ1n) is 5.95. The van der Waals surface area contributed by atoms with E-state index in [-0.39, 0.29) is 5.95 Å². The molecule has 2 heterocycles. The molecule has 7 heteroatoms. The van der Waals surface area contributed by atoms with Gasteiger partial charge in [-0.25, -0.2) is 9.67 Å². The van der Waals surface area contributed by atoms with Crippen LogP contribution in [-0.4, -0.2) is 26.0 Å². The van der Waals surface area contributed by atoms with Crippen LogP contribution in [0.3, 0.4) is 0 Å². The van der Waals surface area contributed by atoms with Crippen LogP contribution in [-0.2, 0) is 6.54 Å². The number of anilines is 1. The molecule has 3 aromatic rings. The van der Waals surface area contributed by atoms with Crippen molar-refractivity contribution in [2.24, 2.45) is 0 Å². The minimum absolute atomic E-state index is 0.155. The Morgan fingerprint density at radius 3 is 2.70 bits per heavy atom. The van der Waals surface area contributed by atoms with Crippen molar-refractivity contribution in [1.82, 2.24) is 19.7 Å². The Hall–Kier alpha value is -1.79. The monoisotopic (exact) mass is 305 g/mol. The third-order valence-corrected chi connectivity index (χ3v) is 3.99. The first-order valence-corrected chi connectivity index (χ1v) is 7.55. The first kappa shape index (κ1) is 13.2. The van der Waals surface area contributed by atoms with Crippen molar-refractivity contribution in [2.75, 3.05) is 12.0 Å². The molecule has 3 rings (SSSR count). The maximum atomic E-state index is 6.03. The Bertz CT molecular complexity index is 753. The zero-order valence-electron chi connectivity index (χ0n) is 10.7. The van der Waals surface area contributed by atoms with Crippen molar-refractivity contribution in [3.63, 3.8) is 0 Å². The van der Waals surface area contributed by atoms with E-state index in [9.17, 15) is 0 Å². The number of hydrogen-bond acceptors (Lipinski definition) is 5. The van der Waals surface area contributed by atoms with Crippen LogP contribution in [0.2, 0.25) is 5.15 Å². The van der Waals surface area contributed by atoms with Crippen molar-refractivity contribution in [3.05, 3.63) is 41.2 Å². The summed E-state index contributed by atoms with van der Waals surface area (Å²) in [6, 6.07) is 8.32. The smallest absolute Gasteiger partial charge is 0.223 e. The summed E-state index contributed by atoms with van der Waals surface area (Å²) in [4.78, 5) is 9.36. The Kier molecular flexibility index (Phi) is 3.50. The number of nitrogens with zero attached hydrogens (tertiary/aromatic N) is 4. The molecule has 5 nitrogen and oxygen atoms in total. The van der Waals surface area contributed by atoms with Crippen LogP contribution in [0.15, 0.2) is 35.4 Å². The van der Waals surface area contributed by atoms with Crippen LogP contribution in [0, 0.1) is 0 Å². The fraction of sp³-hybridized carbons (Fsp3) is 0.154. The van der Waals surface area contributed by atoms with Gasteiger partial charge in [0.05, 0.1) is 18.1 Å². The second kappa shape index (κ2) is 5.30. The molecule has 0 unspecified atom stereocenters. The number of halogens is 1. The number of hydrogen-bond donors (Lipinski definition) is 1. The third-order valence-electron chi connectivity index (χ3n) is 2.96. The Labute approximate surface area is 125 Å². The van der Waals surface area contributed by atoms with E-state index in [1.165, 1.54) is 4.90 Å². The van der Waals surface area contributed by atoms with Gasteiger partial charge in [0, 0.05) is 4.90 Å². The van der Waals surface area contributed by atoms with Crippen LogP contribution < -0.4 is 5.73 Å². The molecule has 0 saturated carbocycles. The van der Waals surface area contributed by atoms with Crippen molar-refractivity contribution >= 4 is 40.3 Å². The fourth-order valence-corrected chi connectivity index (χ4v) is 2.58. The van der Waals surface area contributed by atoms with Crippen LogP contribution in [0.25, 0.3) is 11.0 Å². The van der Waals surface area contributed by atoms with Gasteiger partial charge in [0.2, 0.25) is 5.95 Å². The molecule has 0 saturated heterocycles. The zero-order valence-corrected chi connectivity index (χ0v) is 12.3. The van der Waals surface area contributed by atoms with Gasteiger partial charge < -0.3 is 5.73 Å². The van der Waals surface area contributed by atoms with E-state index in [1.807, 2.05) is 0 Å². The van der Waals surface area contributed by atoms with Crippen molar-refractivity contribution in [2.45, 2.75) is 11.4 Å². The maximum absolute atomic E-state index is 6.03. The number of fused-ring (bicyclic) bond motifs is 1. The molecular weight excluding hydrogens is 294 g/mol. The standard InChI is InChI=1S/C13H12ClN5S/c1-20-9-4-2-8(3-5-9)7-19-12-10(6-16-19)11(14)17-13(15)18-12/h2-6H,7H2,1H3,(H2,15,17,18). The summed E-state index contributed by atoms with van der Waals surface area (Å²) in [7, 11) is 0. The molecular formula is C13H12ClN5S. The minimum Gasteiger partial charge on any atom is -0.368 e. The largest absolute Gasteiger partial charge is 0.368 e. The van der Waals surface area contributed by atoms with E-state index in [0.717, 1.165) is 5.56 Å². The van der Waals surface area contributed by atoms with E-state index in [0.29, 0.717) is 22.7 Å². The highest BCUT2D eigenvalue weighted by Gasteiger charge is 2.10. The second-order valence-electron chi connectivity index (χ2n) is 4.26. The molecule has 0 amide bonds. The molecule has 0 bridgehead atoms. The molecule has 2 aromatic heterocycles. The van der Waals surface area contributed by atoms with Gasteiger partial charge in [-0.2, -0.15) is 10.1 Å². The summed E-state index contributed by atoms with van der Waals surface area (Å²) in [5.41, 5.74) is 7.42. The Morgan fingerprint density at radius 1 is 1.25 bits per heavy atom. The van der Waals surface area contributed by atoms with Gasteiger partial charge in [-0.05, 0) is 24.0 Å². The predicted octanol–water partition coefficient (Wildman–Crippen LogP) is 2.83. The molecule has 0 fully saturated rings. The molecule has 0 atom stereocenters. The minimum atomic E-state index is 0.155. The average molecular weight is 306 g/mol. The summed E-state index contributed by atoms with van der Waals surface area (Å²) in [5, 5.41) is 5.34. The van der Waals surface area contributed by atoms with Gasteiger partial charge >= 0.3 is 0 Å². The lowest BCUT2D eigenvalue weighted by Gasteiger charge is -2.05. The Morgan fingerprint density at radius 2 is 2.00 bits per heavy atom. The van der Waals surface area contributed by atoms with Crippen molar-refractivity contribution in [1.29, 1.82) is 0 Å². The number of thioether (sulfide) groups is 1. The molecule has 0 aliphatic carbocycles. The Balaban J connectivity index is 1.97. The summed E-state index contributed by atoms with van der Waals surface area (Å²) >= 11 is 7.75. The lowest BCUT2D eigenvalue weighted by Crippen LogP contribution is -2.04. The lowest BCUT2D eigenvalue weighted by atomic mass is 10.2. The van der Waals surface area contributed by atoms with Gasteiger partial charge in [0.1, 0.15) is 5.15 Å². The normalized spacial score (nSPS) is 11.1. The SMILES string of the molecule is CSc1ccc(Cn2ncc3c(Cl)nc(N)nc32)cc1. The van der Waals surface area contributed by atoms with Crippen molar-refractivity contribution in [3.8, 4) is 0 Å². The highest BCUT2D eigenvalue weighted by molar-refractivity contribution is 7.98. The first-order chi connectivity index (χ1) is 9.67. The lowest BCUT2D eigenvalue weighted by molar-refractivity contribution is 0.704. The number of aromatic nitrogens is 4. The molecule has 20 heavy (non-hydrogen) atoms. The molecule has 0 radical (unpaired) electrons. The van der Waals surface area contributed by atoms with Gasteiger partial charge in [0.15, 0.2) is 5.65 Å². The number of nitrogen functional groups attached to an aromatic ring is 1. The van der Waals surface area contributed by atoms with E-state index < -0.39 is 0 Å². The molecule has 0 aliphatic rings. The van der Waals surface area contributed by atoms with Crippen molar-refractivity contribution < 1.29 is 0 Å². The van der Waals surface area contributed by atoms with E-state index >= 15 is 0 Å². The molecule has 2 N–H and O–H groups in total. The molecule has 0 aliphatic heterocycles. The predicted molar refractivity (Wildman–Crippen MR) is 82.1 cm³/mol. The van der Waals surface area contributed by atoms with Crippen LogP contribution in [0.5, 0.6) is 0 Å². The average Bonchev–Trinajstić information content (AvgIpc) is 2.83. The summed E-state index contributed by atoms with van der Waals surface area (Å²) in [5.74, 6) is 0.155. The highest BCUT2D eigenvalue weighted by Crippen LogP contribution is 2.22. The second-order valence-corrected chi connectivity index (χ2v) is 5.50. The highest BCUT2D eigenvalue weighted by atomic mass is 35.5. The van der Waals surface area contributed by atoms with Gasteiger partial charge in [-0.1, -0.05) is 23.7 Å². The summed E-state index contributed by atoms with van der Waals surface area (Å²) in [6.45, 7) is 0.616. The topological polar surface area (TPSA) is 69.6 Å². The fourth-order valence-electron chi connectivity index (χ4n) is 1.96. The molecule has 102 valence electrons. The van der Waals surface area contributed by atoms with E-state index in [2.05, 4.69) is 45.6 Å². The number of rotatable bonds is 3. The summed E-state index contributed by atoms with van der Waals surface area (Å²) in [6.07, 6.45) is 3.71. The summed E-state index contributed by atoms with van der Waals surface area (Å²) < 4.78 is 1.77. The molecule has 0 spiro atoms. The number of nitrogens with two attached hydrogens (primary N) is 1. The van der Waals surface area contributed by atoms with Crippen LogP contribution in [0.4, 0.5) is 5.95 Å². The molecule has 1 aromatic carbocycles. The van der Waals surface area contributed by atoms with Gasteiger partial charge in [0.25, 0.3) is 0 Å². The number of benzene rings is 1. The third kappa shape index (κ3) is 2.44. The van der Waals surface area contributed by atoms with E-state index in [1.54, 1.807) is 22.6 Å². The van der Waals surface area contributed by atoms with Gasteiger partial charge in [-0.15, -0.1) is 11.8 Å². The van der Waals surface area contributed by atoms with Crippen LogP contribution >= 0.6 is 23.4 Å². The maximum Gasteiger partial charge on any atom is 0.223 e. The quantitative estimate of drug-likeness (QED) is 0.595.